The van der Waals surface area contributed by atoms with Crippen molar-refractivity contribution in [2.75, 3.05) is 7.11 Å². The van der Waals surface area contributed by atoms with Crippen LogP contribution in [0.15, 0.2) is 35.1 Å². The number of pyridine rings is 1. The molecule has 0 radical (unpaired) electrons. The van der Waals surface area contributed by atoms with Crippen LogP contribution in [0.3, 0.4) is 0 Å². The molecule has 6 heteroatoms. The van der Waals surface area contributed by atoms with Crippen molar-refractivity contribution >= 4 is 5.91 Å². The van der Waals surface area contributed by atoms with Crippen molar-refractivity contribution in [1.29, 1.82) is 0 Å². The minimum atomic E-state index is -0.438. The van der Waals surface area contributed by atoms with E-state index in [2.05, 4.69) is 12.2 Å². The molecule has 1 amide bonds. The summed E-state index contributed by atoms with van der Waals surface area (Å²) in [5.74, 6) is -0.174. The van der Waals surface area contributed by atoms with Crippen LogP contribution >= 0.6 is 0 Å². The third kappa shape index (κ3) is 4.21. The van der Waals surface area contributed by atoms with Gasteiger partial charge in [0.2, 0.25) is 5.43 Å². The highest BCUT2D eigenvalue weighted by atomic mass is 16.5. The number of hydrogen-bond donors (Lipinski definition) is 2. The molecule has 0 bridgehead atoms. The Morgan fingerprint density at radius 2 is 2.04 bits per heavy atom. The molecule has 1 aromatic carbocycles. The maximum atomic E-state index is 12.4. The molecule has 2 N–H and O–H groups in total. The van der Waals surface area contributed by atoms with Crippen molar-refractivity contribution in [3.63, 3.8) is 0 Å². The number of carbonyl (C=O) groups excluding carboxylic acids is 1. The zero-order valence-electron chi connectivity index (χ0n) is 14.8. The molecule has 0 aliphatic rings. The van der Waals surface area contributed by atoms with E-state index in [1.54, 1.807) is 24.3 Å². The van der Waals surface area contributed by atoms with Gasteiger partial charge in [-0.05, 0) is 25.5 Å². The topological polar surface area (TPSA) is 80.6 Å². The second-order valence-corrected chi connectivity index (χ2v) is 5.83. The number of aryl methyl sites for hydroxylation is 1. The van der Waals surface area contributed by atoms with Crippen LogP contribution in [0.2, 0.25) is 0 Å². The summed E-state index contributed by atoms with van der Waals surface area (Å²) in [6, 6.07) is 8.31. The number of aromatic hydroxyl groups is 1. The summed E-state index contributed by atoms with van der Waals surface area (Å²) >= 11 is 0. The highest BCUT2D eigenvalue weighted by molar-refractivity contribution is 5.96. The molecule has 0 aliphatic heterocycles. The number of nitrogens with zero attached hydrogens (tertiary/aromatic N) is 1. The first-order valence-electron chi connectivity index (χ1n) is 8.33. The van der Waals surface area contributed by atoms with Gasteiger partial charge >= 0.3 is 0 Å². The molecule has 0 saturated carbocycles. The van der Waals surface area contributed by atoms with E-state index in [4.69, 9.17) is 4.74 Å². The first-order valence-corrected chi connectivity index (χ1v) is 8.33. The third-order valence-electron chi connectivity index (χ3n) is 4.10. The van der Waals surface area contributed by atoms with Crippen molar-refractivity contribution in [2.24, 2.45) is 0 Å². The van der Waals surface area contributed by atoms with Crippen molar-refractivity contribution in [2.45, 2.75) is 39.8 Å². The minimum absolute atomic E-state index is 0.0589. The highest BCUT2D eigenvalue weighted by Gasteiger charge is 2.16. The monoisotopic (exact) mass is 344 g/mol. The van der Waals surface area contributed by atoms with E-state index < -0.39 is 5.43 Å². The van der Waals surface area contributed by atoms with Crippen LogP contribution < -0.4 is 15.5 Å². The molecule has 0 atom stereocenters. The Hall–Kier alpha value is -2.76. The van der Waals surface area contributed by atoms with Crippen molar-refractivity contribution in [3.05, 3.63) is 57.5 Å². The van der Waals surface area contributed by atoms with Crippen LogP contribution in [-0.2, 0) is 13.1 Å². The molecule has 0 aliphatic carbocycles. The van der Waals surface area contributed by atoms with Crippen LogP contribution in [0.1, 0.15) is 41.5 Å². The Morgan fingerprint density at radius 3 is 2.72 bits per heavy atom. The number of nitrogens with one attached hydrogen (secondary N) is 1. The van der Waals surface area contributed by atoms with Gasteiger partial charge in [-0.25, -0.2) is 0 Å². The molecule has 1 aromatic heterocycles. The van der Waals surface area contributed by atoms with Crippen LogP contribution in [0.5, 0.6) is 11.5 Å². The molecule has 0 fully saturated rings. The van der Waals surface area contributed by atoms with Gasteiger partial charge in [0.25, 0.3) is 5.91 Å². The summed E-state index contributed by atoms with van der Waals surface area (Å²) in [7, 11) is 1.50. The summed E-state index contributed by atoms with van der Waals surface area (Å²) in [4.78, 5) is 24.3. The van der Waals surface area contributed by atoms with Gasteiger partial charge in [-0.15, -0.1) is 0 Å². The maximum absolute atomic E-state index is 12.4. The number of amides is 1. The van der Waals surface area contributed by atoms with Crippen LogP contribution in [0.4, 0.5) is 0 Å². The smallest absolute Gasteiger partial charge is 0.255 e. The normalized spacial score (nSPS) is 10.5. The van der Waals surface area contributed by atoms with Crippen LogP contribution in [0, 0.1) is 6.92 Å². The molecule has 0 saturated heterocycles. The standard InChI is InChI=1S/C19H24N2O4/c1-4-5-10-21-13(2)11-16(22)18(23)15(21)12-20-19(24)14-8-6-7-9-17(14)25-3/h6-9,11,23H,4-5,10,12H2,1-3H3,(H,20,24). The van der Waals surface area contributed by atoms with Gasteiger partial charge in [0.05, 0.1) is 24.9 Å². The Labute approximate surface area is 147 Å². The van der Waals surface area contributed by atoms with Crippen molar-refractivity contribution in [1.82, 2.24) is 9.88 Å². The lowest BCUT2D eigenvalue weighted by atomic mass is 10.1. The molecule has 25 heavy (non-hydrogen) atoms. The largest absolute Gasteiger partial charge is 0.503 e. The summed E-state index contributed by atoms with van der Waals surface area (Å²) < 4.78 is 7.07. The van der Waals surface area contributed by atoms with Crippen molar-refractivity contribution < 1.29 is 14.6 Å². The molecule has 2 aromatic rings. The van der Waals surface area contributed by atoms with E-state index in [1.807, 2.05) is 11.5 Å². The summed E-state index contributed by atoms with van der Waals surface area (Å²) in [5.41, 5.74) is 1.14. The zero-order valence-corrected chi connectivity index (χ0v) is 14.8. The van der Waals surface area contributed by atoms with Gasteiger partial charge in [0.1, 0.15) is 5.75 Å². The Bertz CT molecular complexity index is 812. The number of para-hydroxylation sites is 1. The summed E-state index contributed by atoms with van der Waals surface area (Å²) in [6.07, 6.45) is 1.90. The molecular weight excluding hydrogens is 320 g/mol. The van der Waals surface area contributed by atoms with Crippen LogP contribution in [-0.4, -0.2) is 22.7 Å². The second kappa shape index (κ2) is 8.37. The van der Waals surface area contributed by atoms with E-state index in [-0.39, 0.29) is 18.2 Å². The average molecular weight is 344 g/mol. The number of hydrogen-bond acceptors (Lipinski definition) is 4. The lowest BCUT2D eigenvalue weighted by Crippen LogP contribution is -2.27. The van der Waals surface area contributed by atoms with Crippen molar-refractivity contribution in [3.8, 4) is 11.5 Å². The van der Waals surface area contributed by atoms with E-state index in [1.165, 1.54) is 13.2 Å². The van der Waals surface area contributed by atoms with Crippen LogP contribution in [0.25, 0.3) is 0 Å². The number of carbonyl (C=O) groups is 1. The number of aromatic nitrogens is 1. The van der Waals surface area contributed by atoms with Gasteiger partial charge in [0, 0.05) is 18.3 Å². The van der Waals surface area contributed by atoms with Gasteiger partial charge in [-0.2, -0.15) is 0 Å². The maximum Gasteiger partial charge on any atom is 0.255 e. The predicted molar refractivity (Wildman–Crippen MR) is 96.2 cm³/mol. The first-order chi connectivity index (χ1) is 12.0. The second-order valence-electron chi connectivity index (χ2n) is 5.83. The van der Waals surface area contributed by atoms with Gasteiger partial charge < -0.3 is 19.7 Å². The Morgan fingerprint density at radius 1 is 1.32 bits per heavy atom. The molecule has 0 unspecified atom stereocenters. The highest BCUT2D eigenvalue weighted by Crippen LogP contribution is 2.19. The average Bonchev–Trinajstić information content (AvgIpc) is 2.62. The fourth-order valence-electron chi connectivity index (χ4n) is 2.72. The predicted octanol–water partition coefficient (Wildman–Crippen LogP) is 2.60. The fraction of sp³-hybridized carbons (Fsp3) is 0.368. The van der Waals surface area contributed by atoms with E-state index in [9.17, 15) is 14.7 Å². The zero-order chi connectivity index (χ0) is 18.4. The van der Waals surface area contributed by atoms with Gasteiger partial charge in [-0.3, -0.25) is 9.59 Å². The molecule has 1 heterocycles. The molecule has 134 valence electrons. The lowest BCUT2D eigenvalue weighted by molar-refractivity contribution is 0.0946. The number of benzene rings is 1. The Balaban J connectivity index is 2.27. The molecule has 6 nitrogen and oxygen atoms in total. The SMILES string of the molecule is CCCCn1c(C)cc(=O)c(O)c1CNC(=O)c1ccccc1OC. The third-order valence-corrected chi connectivity index (χ3v) is 4.10. The van der Waals surface area contributed by atoms with Gasteiger partial charge in [0.15, 0.2) is 5.75 Å². The summed E-state index contributed by atoms with van der Waals surface area (Å²) in [5, 5.41) is 12.9. The lowest BCUT2D eigenvalue weighted by Gasteiger charge is -2.18. The minimum Gasteiger partial charge on any atom is -0.503 e. The first kappa shape index (κ1) is 18.6. The number of methoxy groups -OCH3 is 1. The molecule has 0 spiro atoms. The molecule has 2 rings (SSSR count). The Kier molecular flexibility index (Phi) is 6.22. The molecular formula is C19H24N2O4. The number of ether oxygens (including phenoxy) is 1. The quantitative estimate of drug-likeness (QED) is 0.809. The van der Waals surface area contributed by atoms with Gasteiger partial charge in [-0.1, -0.05) is 25.5 Å². The fourth-order valence-corrected chi connectivity index (χ4v) is 2.72. The van der Waals surface area contributed by atoms with E-state index in [0.717, 1.165) is 18.5 Å². The van der Waals surface area contributed by atoms with E-state index in [0.29, 0.717) is 23.6 Å². The number of rotatable bonds is 7. The number of unbranched alkanes of at least 4 members (excludes halogenated alkanes) is 1. The van der Waals surface area contributed by atoms with E-state index >= 15 is 0 Å². The summed E-state index contributed by atoms with van der Waals surface area (Å²) in [6.45, 7) is 4.63.